The normalized spacial score (nSPS) is 14.5. The minimum atomic E-state index is -2.27. The van der Waals surface area contributed by atoms with Gasteiger partial charge in [-0.05, 0) is 30.2 Å². The molecule has 0 aliphatic heterocycles. The second-order valence-corrected chi connectivity index (χ2v) is 6.22. The van der Waals surface area contributed by atoms with Gasteiger partial charge in [-0.2, -0.15) is 0 Å². The van der Waals surface area contributed by atoms with Crippen LogP contribution in [0.3, 0.4) is 0 Å². The van der Waals surface area contributed by atoms with Crippen molar-refractivity contribution in [2.24, 2.45) is 5.73 Å². The van der Waals surface area contributed by atoms with Crippen molar-refractivity contribution in [2.75, 3.05) is 0 Å². The molecule has 9 nitrogen and oxygen atoms in total. The van der Waals surface area contributed by atoms with Crippen LogP contribution in [0.15, 0.2) is 54.6 Å². The molecule has 0 aliphatic rings. The van der Waals surface area contributed by atoms with Crippen LogP contribution in [-0.4, -0.2) is 55.7 Å². The summed E-state index contributed by atoms with van der Waals surface area (Å²) >= 11 is 0. The Morgan fingerprint density at radius 1 is 0.931 bits per heavy atom. The van der Waals surface area contributed by atoms with E-state index in [4.69, 9.17) is 30.9 Å². The number of carboxylic acid groups (broad SMARTS) is 2. The van der Waals surface area contributed by atoms with Crippen molar-refractivity contribution in [1.29, 1.82) is 0 Å². The first-order valence-corrected chi connectivity index (χ1v) is 8.65. The number of hydrogen-bond donors (Lipinski definition) is 6. The van der Waals surface area contributed by atoms with Crippen LogP contribution in [0.1, 0.15) is 24.2 Å². The highest BCUT2D eigenvalue weighted by Gasteiger charge is 2.29. The van der Waals surface area contributed by atoms with E-state index in [1.807, 2.05) is 54.6 Å². The number of nitrogens with two attached hydrogens (primary N) is 1. The van der Waals surface area contributed by atoms with Gasteiger partial charge in [-0.3, -0.25) is 0 Å². The lowest BCUT2D eigenvalue weighted by atomic mass is 10.0. The van der Waals surface area contributed by atoms with Gasteiger partial charge in [-0.25, -0.2) is 9.59 Å². The van der Waals surface area contributed by atoms with Gasteiger partial charge in [0.25, 0.3) is 0 Å². The third kappa shape index (κ3) is 8.28. The number of aliphatic hydroxyl groups is 3. The zero-order valence-electron chi connectivity index (χ0n) is 15.8. The zero-order valence-corrected chi connectivity index (χ0v) is 15.8. The molecule has 0 aromatic heterocycles. The summed E-state index contributed by atoms with van der Waals surface area (Å²) < 4.78 is 5.71. The molecular weight excluding hydrogens is 382 g/mol. The average Bonchev–Trinajstić information content (AvgIpc) is 2.71. The fraction of sp³-hybridized carbons (Fsp3) is 0.300. The number of hydrogen-bond acceptors (Lipinski definition) is 7. The van der Waals surface area contributed by atoms with E-state index >= 15 is 0 Å². The van der Waals surface area contributed by atoms with Crippen molar-refractivity contribution in [3.63, 3.8) is 0 Å². The summed E-state index contributed by atoms with van der Waals surface area (Å²) in [6.45, 7) is 2.29. The van der Waals surface area contributed by atoms with Crippen molar-refractivity contribution in [3.05, 3.63) is 65.7 Å². The molecule has 29 heavy (non-hydrogen) atoms. The van der Waals surface area contributed by atoms with E-state index < -0.39 is 30.3 Å². The first-order valence-electron chi connectivity index (χ1n) is 8.65. The summed E-state index contributed by atoms with van der Waals surface area (Å²) in [5.74, 6) is -2.80. The molecule has 2 aromatic carbocycles. The molecule has 0 radical (unpaired) electrons. The standard InChI is InChI=1S/C16H19NO2.C4H6O6/c1-12(17)16(18)14-8-5-9-15(10-14)19-11-13-6-3-2-4-7-13;5-1(3(7)8)2(6)4(9)10/h2-10,12,16,18H,11,17H2,1H3;1-2,5-6H,(H,7,8)(H,9,10)/t12-,16-;1-,2-/m00/s1. The molecule has 0 amide bonds. The van der Waals surface area contributed by atoms with E-state index in [-0.39, 0.29) is 6.04 Å². The molecule has 2 aromatic rings. The molecule has 4 atom stereocenters. The fourth-order valence-electron chi connectivity index (χ4n) is 2.10. The first-order chi connectivity index (χ1) is 13.6. The molecule has 0 fully saturated rings. The van der Waals surface area contributed by atoms with Crippen molar-refractivity contribution < 1.29 is 39.9 Å². The first kappa shape index (κ1) is 24.1. The number of ether oxygens (including phenoxy) is 1. The van der Waals surface area contributed by atoms with E-state index in [1.165, 1.54) is 0 Å². The maximum Gasteiger partial charge on any atom is 0.335 e. The van der Waals surface area contributed by atoms with Gasteiger partial charge in [0, 0.05) is 6.04 Å². The lowest BCUT2D eigenvalue weighted by molar-refractivity contribution is -0.165. The highest BCUT2D eigenvalue weighted by molar-refractivity contribution is 5.83. The minimum absolute atomic E-state index is 0.302. The topological polar surface area (TPSA) is 171 Å². The van der Waals surface area contributed by atoms with Gasteiger partial charge >= 0.3 is 11.9 Å². The Labute approximate surface area is 167 Å². The van der Waals surface area contributed by atoms with Gasteiger partial charge in [-0.1, -0.05) is 42.5 Å². The summed E-state index contributed by atoms with van der Waals surface area (Å²) in [6, 6.07) is 17.1. The lowest BCUT2D eigenvalue weighted by Crippen LogP contribution is -2.39. The Kier molecular flexibility index (Phi) is 9.76. The number of benzene rings is 2. The molecule has 0 spiro atoms. The molecule has 0 saturated carbocycles. The molecule has 0 heterocycles. The van der Waals surface area contributed by atoms with E-state index in [2.05, 4.69) is 0 Å². The smallest absolute Gasteiger partial charge is 0.335 e. The molecule has 0 saturated heterocycles. The van der Waals surface area contributed by atoms with Gasteiger partial charge in [-0.15, -0.1) is 0 Å². The van der Waals surface area contributed by atoms with Gasteiger partial charge in [0.05, 0.1) is 6.10 Å². The summed E-state index contributed by atoms with van der Waals surface area (Å²) in [5.41, 5.74) is 7.58. The van der Waals surface area contributed by atoms with E-state index in [1.54, 1.807) is 6.92 Å². The van der Waals surface area contributed by atoms with Crippen LogP contribution in [-0.2, 0) is 16.2 Å². The third-order valence-electron chi connectivity index (χ3n) is 3.75. The van der Waals surface area contributed by atoms with Gasteiger partial charge in [0.2, 0.25) is 0 Å². The Morgan fingerprint density at radius 3 is 1.97 bits per heavy atom. The SMILES string of the molecule is C[C@H](N)[C@H](O)c1cccc(OCc2ccccc2)c1.O=C(O)[C@@H](O)[C@H](O)C(=O)O. The lowest BCUT2D eigenvalue weighted by Gasteiger charge is -2.16. The Bertz CT molecular complexity index is 763. The number of carboxylic acids is 2. The number of rotatable bonds is 8. The third-order valence-corrected chi connectivity index (χ3v) is 3.75. The number of carbonyl (C=O) groups is 2. The van der Waals surface area contributed by atoms with Crippen molar-refractivity contribution >= 4 is 11.9 Å². The summed E-state index contributed by atoms with van der Waals surface area (Å²) in [5, 5.41) is 42.5. The van der Waals surface area contributed by atoms with E-state index in [0.717, 1.165) is 16.9 Å². The molecule has 0 bridgehead atoms. The predicted octanol–water partition coefficient (Wildman–Crippen LogP) is 0.524. The fourth-order valence-corrected chi connectivity index (χ4v) is 2.10. The Balaban J connectivity index is 0.000000359. The average molecular weight is 407 g/mol. The molecule has 0 aliphatic carbocycles. The van der Waals surface area contributed by atoms with Crippen LogP contribution < -0.4 is 10.5 Å². The second-order valence-electron chi connectivity index (χ2n) is 6.22. The number of aliphatic carboxylic acids is 2. The van der Waals surface area contributed by atoms with Gasteiger partial charge in [0.1, 0.15) is 12.4 Å². The highest BCUT2D eigenvalue weighted by Crippen LogP contribution is 2.21. The van der Waals surface area contributed by atoms with Crippen molar-refractivity contribution in [3.8, 4) is 5.75 Å². The monoisotopic (exact) mass is 407 g/mol. The second kappa shape index (κ2) is 11.8. The van der Waals surface area contributed by atoms with Crippen molar-refractivity contribution in [2.45, 2.75) is 37.9 Å². The summed E-state index contributed by atoms with van der Waals surface area (Å²) in [4.78, 5) is 19.5. The Morgan fingerprint density at radius 2 is 1.48 bits per heavy atom. The molecule has 158 valence electrons. The molecule has 2 rings (SSSR count). The van der Waals surface area contributed by atoms with Crippen LogP contribution in [0.5, 0.6) is 5.75 Å². The quantitative estimate of drug-likeness (QED) is 0.365. The van der Waals surface area contributed by atoms with Gasteiger partial charge in [0.15, 0.2) is 12.2 Å². The maximum absolute atomic E-state index is 9.93. The van der Waals surface area contributed by atoms with Crippen LogP contribution >= 0.6 is 0 Å². The van der Waals surface area contributed by atoms with Crippen LogP contribution in [0.2, 0.25) is 0 Å². The summed E-state index contributed by atoms with van der Waals surface area (Å²) in [6.07, 6.45) is -5.20. The van der Waals surface area contributed by atoms with E-state index in [0.29, 0.717) is 6.61 Å². The van der Waals surface area contributed by atoms with Crippen molar-refractivity contribution in [1.82, 2.24) is 0 Å². The minimum Gasteiger partial charge on any atom is -0.489 e. The van der Waals surface area contributed by atoms with E-state index in [9.17, 15) is 14.7 Å². The largest absolute Gasteiger partial charge is 0.489 e. The predicted molar refractivity (Wildman–Crippen MR) is 103 cm³/mol. The van der Waals surface area contributed by atoms with Crippen LogP contribution in [0, 0.1) is 0 Å². The Hall–Kier alpha value is -2.98. The molecule has 0 unspecified atom stereocenters. The molecule has 9 heteroatoms. The highest BCUT2D eigenvalue weighted by atomic mass is 16.5. The maximum atomic E-state index is 9.93. The zero-order chi connectivity index (χ0) is 22.0. The summed E-state index contributed by atoms with van der Waals surface area (Å²) in [7, 11) is 0. The molecular formula is C20H25NO8. The molecule has 7 N–H and O–H groups in total. The number of aliphatic hydroxyl groups excluding tert-OH is 3. The van der Waals surface area contributed by atoms with Crippen LogP contribution in [0.4, 0.5) is 0 Å². The van der Waals surface area contributed by atoms with Gasteiger partial charge < -0.3 is 36.0 Å². The van der Waals surface area contributed by atoms with Crippen LogP contribution in [0.25, 0.3) is 0 Å².